The molecule has 0 spiro atoms. The molecule has 1 amide bonds. The molecule has 0 aliphatic heterocycles. The van der Waals surface area contributed by atoms with Crippen LogP contribution >= 0.6 is 0 Å². The summed E-state index contributed by atoms with van der Waals surface area (Å²) in [7, 11) is 0. The van der Waals surface area contributed by atoms with Gasteiger partial charge in [-0.2, -0.15) is 0 Å². The number of carbonyl (C=O) groups is 2. The van der Waals surface area contributed by atoms with E-state index < -0.39 is 18.0 Å². The van der Waals surface area contributed by atoms with Gasteiger partial charge in [0.05, 0.1) is 5.92 Å². The van der Waals surface area contributed by atoms with Crippen LogP contribution in [0.15, 0.2) is 12.7 Å². The van der Waals surface area contributed by atoms with E-state index in [1.807, 2.05) is 0 Å². The Morgan fingerprint density at radius 2 is 2.12 bits per heavy atom. The first kappa shape index (κ1) is 12.5. The van der Waals surface area contributed by atoms with E-state index >= 15 is 0 Å². The Kier molecular flexibility index (Phi) is 4.82. The van der Waals surface area contributed by atoms with E-state index in [9.17, 15) is 9.59 Å². The lowest BCUT2D eigenvalue weighted by atomic mass is 9.85. The van der Waals surface area contributed by atoms with Crippen molar-refractivity contribution in [3.8, 4) is 0 Å². The summed E-state index contributed by atoms with van der Waals surface area (Å²) in [4.78, 5) is 22.2. The largest absolute Gasteiger partial charge is 0.481 e. The number of carboxylic acids is 1. The average Bonchev–Trinajstić information content (AvgIpc) is 2.27. The van der Waals surface area contributed by atoms with E-state index in [2.05, 4.69) is 11.9 Å². The van der Waals surface area contributed by atoms with Crippen LogP contribution in [-0.2, 0) is 9.53 Å². The maximum atomic E-state index is 11.3. The third-order valence-electron chi connectivity index (χ3n) is 2.72. The molecule has 5 heteroatoms. The summed E-state index contributed by atoms with van der Waals surface area (Å²) in [5.41, 5.74) is 0. The van der Waals surface area contributed by atoms with Crippen LogP contribution in [0.1, 0.15) is 25.7 Å². The zero-order valence-electron chi connectivity index (χ0n) is 9.15. The topological polar surface area (TPSA) is 75.6 Å². The molecule has 2 atom stereocenters. The SMILES string of the molecule is C=CCOC(=O)N[C@H]1CCCC[C@H]1C(=O)O. The molecule has 0 aromatic carbocycles. The monoisotopic (exact) mass is 227 g/mol. The summed E-state index contributed by atoms with van der Waals surface area (Å²) >= 11 is 0. The smallest absolute Gasteiger partial charge is 0.407 e. The number of amides is 1. The standard InChI is InChI=1S/C11H17NO4/c1-2-7-16-11(15)12-9-6-4-3-5-8(9)10(13)14/h2,8-9H,1,3-7H2,(H,12,15)(H,13,14)/t8-,9+/m1/s1. The first-order valence-corrected chi connectivity index (χ1v) is 5.42. The van der Waals surface area contributed by atoms with Gasteiger partial charge in [-0.05, 0) is 12.8 Å². The number of carbonyl (C=O) groups excluding carboxylic acids is 1. The lowest BCUT2D eigenvalue weighted by Crippen LogP contribution is -2.45. The molecule has 0 aromatic rings. The van der Waals surface area contributed by atoms with Gasteiger partial charge in [-0.25, -0.2) is 4.79 Å². The third-order valence-corrected chi connectivity index (χ3v) is 2.72. The van der Waals surface area contributed by atoms with E-state index in [0.717, 1.165) is 12.8 Å². The van der Waals surface area contributed by atoms with Crippen molar-refractivity contribution in [2.75, 3.05) is 6.61 Å². The van der Waals surface area contributed by atoms with Crippen LogP contribution in [-0.4, -0.2) is 29.8 Å². The van der Waals surface area contributed by atoms with Gasteiger partial charge >= 0.3 is 12.1 Å². The number of aliphatic carboxylic acids is 1. The predicted molar refractivity (Wildman–Crippen MR) is 58.1 cm³/mol. The van der Waals surface area contributed by atoms with Gasteiger partial charge in [0.25, 0.3) is 0 Å². The van der Waals surface area contributed by atoms with Crippen molar-refractivity contribution in [1.29, 1.82) is 0 Å². The molecule has 0 aromatic heterocycles. The molecule has 0 saturated heterocycles. The Morgan fingerprint density at radius 3 is 2.75 bits per heavy atom. The summed E-state index contributed by atoms with van der Waals surface area (Å²) in [5.74, 6) is -1.35. The third kappa shape index (κ3) is 3.56. The lowest BCUT2D eigenvalue weighted by molar-refractivity contribution is -0.143. The second-order valence-electron chi connectivity index (χ2n) is 3.87. The quantitative estimate of drug-likeness (QED) is 0.714. The van der Waals surface area contributed by atoms with Crippen LogP contribution in [0.4, 0.5) is 4.79 Å². The molecule has 1 aliphatic carbocycles. The van der Waals surface area contributed by atoms with E-state index in [4.69, 9.17) is 9.84 Å². The molecule has 0 radical (unpaired) electrons. The average molecular weight is 227 g/mol. The molecule has 0 unspecified atom stereocenters. The molecule has 1 saturated carbocycles. The van der Waals surface area contributed by atoms with Crippen molar-refractivity contribution in [1.82, 2.24) is 5.32 Å². The number of carboxylic acid groups (broad SMARTS) is 1. The maximum Gasteiger partial charge on any atom is 0.407 e. The summed E-state index contributed by atoms with van der Waals surface area (Å²) in [6.07, 6.45) is 4.04. The minimum atomic E-state index is -0.853. The number of rotatable bonds is 4. The van der Waals surface area contributed by atoms with Gasteiger partial charge in [0.1, 0.15) is 6.61 Å². The molecule has 1 aliphatic rings. The molecule has 90 valence electrons. The van der Waals surface area contributed by atoms with Gasteiger partial charge < -0.3 is 15.2 Å². The molecule has 2 N–H and O–H groups in total. The fraction of sp³-hybridized carbons (Fsp3) is 0.636. The van der Waals surface area contributed by atoms with Gasteiger partial charge in [-0.15, -0.1) is 0 Å². The maximum absolute atomic E-state index is 11.3. The van der Waals surface area contributed by atoms with E-state index in [1.165, 1.54) is 6.08 Å². The molecule has 5 nitrogen and oxygen atoms in total. The second-order valence-corrected chi connectivity index (χ2v) is 3.87. The number of hydrogen-bond donors (Lipinski definition) is 2. The van der Waals surface area contributed by atoms with Gasteiger partial charge in [0.2, 0.25) is 0 Å². The summed E-state index contributed by atoms with van der Waals surface area (Å²) < 4.78 is 4.76. The molecule has 1 rings (SSSR count). The van der Waals surface area contributed by atoms with Crippen LogP contribution < -0.4 is 5.32 Å². The Morgan fingerprint density at radius 1 is 1.44 bits per heavy atom. The fourth-order valence-electron chi connectivity index (χ4n) is 1.93. The van der Waals surface area contributed by atoms with E-state index in [0.29, 0.717) is 12.8 Å². The zero-order valence-corrected chi connectivity index (χ0v) is 9.15. The van der Waals surface area contributed by atoms with Crippen LogP contribution in [0.3, 0.4) is 0 Å². The zero-order chi connectivity index (χ0) is 12.0. The van der Waals surface area contributed by atoms with Crippen molar-refractivity contribution in [3.63, 3.8) is 0 Å². The fourth-order valence-corrected chi connectivity index (χ4v) is 1.93. The molecule has 0 heterocycles. The van der Waals surface area contributed by atoms with Gasteiger partial charge in [0, 0.05) is 6.04 Å². The van der Waals surface area contributed by atoms with Crippen molar-refractivity contribution in [2.24, 2.45) is 5.92 Å². The van der Waals surface area contributed by atoms with E-state index in [-0.39, 0.29) is 12.6 Å². The van der Waals surface area contributed by atoms with Crippen molar-refractivity contribution >= 4 is 12.1 Å². The van der Waals surface area contributed by atoms with Gasteiger partial charge in [-0.1, -0.05) is 25.5 Å². The number of ether oxygens (including phenoxy) is 1. The van der Waals surface area contributed by atoms with Gasteiger partial charge in [-0.3, -0.25) is 4.79 Å². The highest BCUT2D eigenvalue weighted by atomic mass is 16.5. The number of alkyl carbamates (subject to hydrolysis) is 1. The van der Waals surface area contributed by atoms with Crippen LogP contribution in [0.5, 0.6) is 0 Å². The van der Waals surface area contributed by atoms with Crippen molar-refractivity contribution < 1.29 is 19.4 Å². The summed E-state index contributed by atoms with van der Waals surface area (Å²) in [6.45, 7) is 3.56. The Balaban J connectivity index is 2.46. The highest BCUT2D eigenvalue weighted by molar-refractivity contribution is 5.73. The Bertz CT molecular complexity index is 277. The minimum Gasteiger partial charge on any atom is -0.481 e. The number of hydrogen-bond acceptors (Lipinski definition) is 3. The molecule has 0 bridgehead atoms. The predicted octanol–water partition coefficient (Wildman–Crippen LogP) is 1.54. The van der Waals surface area contributed by atoms with Crippen LogP contribution in [0.2, 0.25) is 0 Å². The highest BCUT2D eigenvalue weighted by Crippen LogP contribution is 2.24. The highest BCUT2D eigenvalue weighted by Gasteiger charge is 2.31. The molecular weight excluding hydrogens is 210 g/mol. The molecular formula is C11H17NO4. The molecule has 1 fully saturated rings. The van der Waals surface area contributed by atoms with Crippen LogP contribution in [0, 0.1) is 5.92 Å². The normalized spacial score (nSPS) is 24.5. The first-order valence-electron chi connectivity index (χ1n) is 5.42. The lowest BCUT2D eigenvalue weighted by Gasteiger charge is -2.28. The Hall–Kier alpha value is -1.52. The van der Waals surface area contributed by atoms with Gasteiger partial charge in [0.15, 0.2) is 0 Å². The van der Waals surface area contributed by atoms with E-state index in [1.54, 1.807) is 0 Å². The molecule has 16 heavy (non-hydrogen) atoms. The summed E-state index contributed by atoms with van der Waals surface area (Å²) in [6, 6.07) is -0.316. The second kappa shape index (κ2) is 6.15. The number of nitrogens with one attached hydrogen (secondary N) is 1. The summed E-state index contributed by atoms with van der Waals surface area (Å²) in [5, 5.41) is 11.6. The van der Waals surface area contributed by atoms with Crippen molar-refractivity contribution in [2.45, 2.75) is 31.7 Å². The van der Waals surface area contributed by atoms with Crippen LogP contribution in [0.25, 0.3) is 0 Å². The first-order chi connectivity index (χ1) is 7.65. The Labute approximate surface area is 94.5 Å². The minimum absolute atomic E-state index is 0.135. The van der Waals surface area contributed by atoms with Crippen molar-refractivity contribution in [3.05, 3.63) is 12.7 Å².